The lowest BCUT2D eigenvalue weighted by Gasteiger charge is -2.35. The first kappa shape index (κ1) is 12.8. The lowest BCUT2D eigenvalue weighted by Crippen LogP contribution is -2.39. The molecular weight excluding hydrogens is 254 g/mol. The van der Waals surface area contributed by atoms with E-state index >= 15 is 0 Å². The number of aliphatic hydroxyl groups excluding tert-OH is 1. The fourth-order valence-corrected chi connectivity index (χ4v) is 2.57. The predicted molar refractivity (Wildman–Crippen MR) is 72.1 cm³/mol. The number of rotatable bonds is 2. The van der Waals surface area contributed by atoms with Crippen molar-refractivity contribution in [3.63, 3.8) is 0 Å². The molecule has 4 nitrogen and oxygen atoms in total. The van der Waals surface area contributed by atoms with Gasteiger partial charge in [-0.3, -0.25) is 0 Å². The third-order valence-electron chi connectivity index (χ3n) is 3.74. The van der Waals surface area contributed by atoms with Crippen LogP contribution in [-0.4, -0.2) is 11.7 Å². The normalized spacial score (nSPS) is 22.4. The minimum atomic E-state index is -1.02. The summed E-state index contributed by atoms with van der Waals surface area (Å²) in [7, 11) is 0. The molecule has 102 valence electrons. The minimum absolute atomic E-state index is 0.154. The predicted octanol–water partition coefficient (Wildman–Crippen LogP) is 2.77. The number of fused-ring (bicyclic) bond motifs is 1. The molecule has 2 unspecified atom stereocenters. The van der Waals surface area contributed by atoms with E-state index in [1.165, 1.54) is 0 Å². The summed E-state index contributed by atoms with van der Waals surface area (Å²) in [5.74, 6) is 1.90. The van der Waals surface area contributed by atoms with Crippen LogP contribution in [0.3, 0.4) is 0 Å². The highest BCUT2D eigenvalue weighted by molar-refractivity contribution is 5.38. The first-order valence-electron chi connectivity index (χ1n) is 6.51. The van der Waals surface area contributed by atoms with E-state index in [4.69, 9.17) is 9.15 Å². The molecule has 1 aliphatic heterocycles. The summed E-state index contributed by atoms with van der Waals surface area (Å²) in [4.78, 5) is 0. The molecule has 0 aliphatic carbocycles. The molecule has 0 bridgehead atoms. The van der Waals surface area contributed by atoms with Gasteiger partial charge in [-0.25, -0.2) is 0 Å². The standard InChI is InChI=1S/C16H15NO3/c1-11-6-7-14(20-11)15(18)16(9-17)8-12-4-2-3-5-13(12)19-10-16/h2-7,15,18H,8,10H2,1H3. The van der Waals surface area contributed by atoms with Crippen molar-refractivity contribution in [1.29, 1.82) is 5.26 Å². The van der Waals surface area contributed by atoms with E-state index in [9.17, 15) is 10.4 Å². The maximum Gasteiger partial charge on any atom is 0.134 e. The Morgan fingerprint density at radius 2 is 2.10 bits per heavy atom. The van der Waals surface area contributed by atoms with Crippen molar-refractivity contribution < 1.29 is 14.3 Å². The molecule has 0 spiro atoms. The third-order valence-corrected chi connectivity index (χ3v) is 3.74. The van der Waals surface area contributed by atoms with Crippen molar-refractivity contribution in [2.75, 3.05) is 6.61 Å². The molecule has 0 saturated carbocycles. The molecule has 0 radical (unpaired) electrons. The molecule has 3 rings (SSSR count). The molecule has 2 aromatic rings. The number of benzene rings is 1. The quantitative estimate of drug-likeness (QED) is 0.910. The second-order valence-electron chi connectivity index (χ2n) is 5.19. The van der Waals surface area contributed by atoms with E-state index in [0.717, 1.165) is 11.3 Å². The van der Waals surface area contributed by atoms with Crippen molar-refractivity contribution in [2.45, 2.75) is 19.4 Å². The van der Waals surface area contributed by atoms with Crippen LogP contribution in [-0.2, 0) is 6.42 Å². The third kappa shape index (κ3) is 1.97. The average Bonchev–Trinajstić information content (AvgIpc) is 2.92. The summed E-state index contributed by atoms with van der Waals surface area (Å²) < 4.78 is 11.1. The molecule has 0 amide bonds. The topological polar surface area (TPSA) is 66.4 Å². The van der Waals surface area contributed by atoms with Crippen molar-refractivity contribution in [3.05, 3.63) is 53.5 Å². The highest BCUT2D eigenvalue weighted by Gasteiger charge is 2.45. The van der Waals surface area contributed by atoms with Gasteiger partial charge in [0.2, 0.25) is 0 Å². The fourth-order valence-electron chi connectivity index (χ4n) is 2.57. The monoisotopic (exact) mass is 269 g/mol. The Balaban J connectivity index is 1.96. The van der Waals surface area contributed by atoms with E-state index in [0.29, 0.717) is 17.9 Å². The number of para-hydroxylation sites is 1. The van der Waals surface area contributed by atoms with Crippen LogP contribution in [0.2, 0.25) is 0 Å². The second kappa shape index (κ2) is 4.69. The second-order valence-corrected chi connectivity index (χ2v) is 5.19. The molecule has 0 saturated heterocycles. The molecule has 1 aromatic carbocycles. The van der Waals surface area contributed by atoms with E-state index in [1.807, 2.05) is 31.2 Å². The number of nitriles is 1. The van der Waals surface area contributed by atoms with Gasteiger partial charge in [0.05, 0.1) is 6.07 Å². The van der Waals surface area contributed by atoms with E-state index in [-0.39, 0.29) is 6.61 Å². The summed E-state index contributed by atoms with van der Waals surface area (Å²) in [5.41, 5.74) is -0.0822. The van der Waals surface area contributed by atoms with Crippen LogP contribution >= 0.6 is 0 Å². The van der Waals surface area contributed by atoms with Gasteiger partial charge in [-0.15, -0.1) is 0 Å². The van der Waals surface area contributed by atoms with Crippen LogP contribution in [0.1, 0.15) is 23.2 Å². The van der Waals surface area contributed by atoms with Crippen molar-refractivity contribution in [2.24, 2.45) is 5.41 Å². The van der Waals surface area contributed by atoms with E-state index in [1.54, 1.807) is 12.1 Å². The molecule has 2 heterocycles. The van der Waals surface area contributed by atoms with Gasteiger partial charge in [0.25, 0.3) is 0 Å². The Hall–Kier alpha value is -2.25. The van der Waals surface area contributed by atoms with Crippen LogP contribution < -0.4 is 4.74 Å². The van der Waals surface area contributed by atoms with Crippen LogP contribution in [0.15, 0.2) is 40.8 Å². The summed E-state index contributed by atoms with van der Waals surface area (Å²) in [6.45, 7) is 1.96. The first-order valence-corrected chi connectivity index (χ1v) is 6.51. The molecule has 4 heteroatoms. The number of furan rings is 1. The number of ether oxygens (including phenoxy) is 1. The molecule has 2 atom stereocenters. The highest BCUT2D eigenvalue weighted by atomic mass is 16.5. The summed E-state index contributed by atoms with van der Waals surface area (Å²) in [6, 6.07) is 13.3. The molecule has 1 aliphatic rings. The number of nitrogens with zero attached hydrogens (tertiary/aromatic N) is 1. The summed E-state index contributed by atoms with van der Waals surface area (Å²) >= 11 is 0. The van der Waals surface area contributed by atoms with E-state index in [2.05, 4.69) is 6.07 Å². The Kier molecular flexibility index (Phi) is 3.00. The lowest BCUT2D eigenvalue weighted by atomic mass is 9.76. The average molecular weight is 269 g/mol. The van der Waals surface area contributed by atoms with Crippen LogP contribution in [0.4, 0.5) is 0 Å². The smallest absolute Gasteiger partial charge is 0.134 e. The summed E-state index contributed by atoms with van der Waals surface area (Å²) in [5, 5.41) is 20.1. The molecular formula is C16H15NO3. The highest BCUT2D eigenvalue weighted by Crippen LogP contribution is 2.42. The molecule has 1 aromatic heterocycles. The molecule has 0 fully saturated rings. The van der Waals surface area contributed by atoms with Gasteiger partial charge >= 0.3 is 0 Å². The lowest BCUT2D eigenvalue weighted by molar-refractivity contribution is 0.00321. The zero-order chi connectivity index (χ0) is 14.2. The molecule has 20 heavy (non-hydrogen) atoms. The number of aliphatic hydroxyl groups is 1. The SMILES string of the molecule is Cc1ccc(C(O)C2(C#N)COc3ccccc3C2)o1. The zero-order valence-corrected chi connectivity index (χ0v) is 11.2. The molecule has 1 N–H and O–H groups in total. The van der Waals surface area contributed by atoms with Crippen LogP contribution in [0.5, 0.6) is 5.75 Å². The maximum atomic E-state index is 10.5. The summed E-state index contributed by atoms with van der Waals surface area (Å²) in [6.07, 6.45) is -0.560. The Morgan fingerprint density at radius 1 is 1.30 bits per heavy atom. The number of hydrogen-bond donors (Lipinski definition) is 1. The van der Waals surface area contributed by atoms with Gasteiger partial charge in [-0.05, 0) is 30.7 Å². The fraction of sp³-hybridized carbons (Fsp3) is 0.312. The van der Waals surface area contributed by atoms with Crippen molar-refractivity contribution >= 4 is 0 Å². The largest absolute Gasteiger partial charge is 0.492 e. The van der Waals surface area contributed by atoms with Gasteiger partial charge in [0.15, 0.2) is 0 Å². The van der Waals surface area contributed by atoms with Gasteiger partial charge in [0, 0.05) is 6.42 Å². The van der Waals surface area contributed by atoms with Gasteiger partial charge in [-0.2, -0.15) is 5.26 Å². The zero-order valence-electron chi connectivity index (χ0n) is 11.2. The van der Waals surface area contributed by atoms with Gasteiger partial charge < -0.3 is 14.3 Å². The van der Waals surface area contributed by atoms with Crippen LogP contribution in [0.25, 0.3) is 0 Å². The van der Waals surface area contributed by atoms with Crippen LogP contribution in [0, 0.1) is 23.7 Å². The van der Waals surface area contributed by atoms with Gasteiger partial charge in [-0.1, -0.05) is 18.2 Å². The maximum absolute atomic E-state index is 10.5. The minimum Gasteiger partial charge on any atom is -0.492 e. The van der Waals surface area contributed by atoms with Crippen molar-refractivity contribution in [1.82, 2.24) is 0 Å². The number of aryl methyl sites for hydroxylation is 1. The van der Waals surface area contributed by atoms with E-state index < -0.39 is 11.5 Å². The first-order chi connectivity index (χ1) is 9.64. The Labute approximate surface area is 117 Å². The van der Waals surface area contributed by atoms with Crippen molar-refractivity contribution in [3.8, 4) is 11.8 Å². The van der Waals surface area contributed by atoms with Gasteiger partial charge in [0.1, 0.15) is 35.4 Å². The Morgan fingerprint density at radius 3 is 2.80 bits per heavy atom. The number of hydrogen-bond acceptors (Lipinski definition) is 4. The Bertz CT molecular complexity index is 670.